The van der Waals surface area contributed by atoms with E-state index in [0.29, 0.717) is 33.6 Å². The Morgan fingerprint density at radius 1 is 1.18 bits per heavy atom. The lowest BCUT2D eigenvalue weighted by atomic mass is 10.1. The molecular formula is C16H16Cl2N2O2. The van der Waals surface area contributed by atoms with Gasteiger partial charge in [-0.05, 0) is 30.3 Å². The number of hydrogen-bond donors (Lipinski definition) is 2. The number of carbonyl (C=O) groups is 1. The third-order valence-corrected chi connectivity index (χ3v) is 3.91. The monoisotopic (exact) mass is 338 g/mol. The molecule has 2 aromatic carbocycles. The van der Waals surface area contributed by atoms with Gasteiger partial charge in [-0.25, -0.2) is 0 Å². The quantitative estimate of drug-likeness (QED) is 0.867. The van der Waals surface area contributed by atoms with Gasteiger partial charge in [0, 0.05) is 34.8 Å². The van der Waals surface area contributed by atoms with Gasteiger partial charge in [-0.3, -0.25) is 4.79 Å². The average molecular weight is 339 g/mol. The highest BCUT2D eigenvalue weighted by molar-refractivity contribution is 6.36. The number of ether oxygens (including phenoxy) is 1. The summed E-state index contributed by atoms with van der Waals surface area (Å²) in [6, 6.07) is 10.5. The van der Waals surface area contributed by atoms with Gasteiger partial charge in [-0.2, -0.15) is 0 Å². The van der Waals surface area contributed by atoms with E-state index in [1.165, 1.54) is 0 Å². The fraction of sp³-hybridized carbons (Fsp3) is 0.188. The van der Waals surface area contributed by atoms with Gasteiger partial charge in [-0.15, -0.1) is 0 Å². The number of carbonyl (C=O) groups excluding carboxylic acids is 1. The average Bonchev–Trinajstić information content (AvgIpc) is 2.53. The van der Waals surface area contributed by atoms with E-state index in [1.807, 2.05) is 0 Å². The third kappa shape index (κ3) is 3.64. The molecule has 0 bridgehead atoms. The smallest absolute Gasteiger partial charge is 0.251 e. The van der Waals surface area contributed by atoms with Crippen LogP contribution in [0.2, 0.25) is 10.0 Å². The zero-order valence-corrected chi connectivity index (χ0v) is 13.8. The zero-order chi connectivity index (χ0) is 16.1. The highest BCUT2D eigenvalue weighted by Crippen LogP contribution is 2.29. The second kappa shape index (κ2) is 7.38. The van der Waals surface area contributed by atoms with E-state index >= 15 is 0 Å². The van der Waals surface area contributed by atoms with Gasteiger partial charge in [0.05, 0.1) is 12.8 Å². The standard InChI is InChI=1S/C16H16Cl2N2O2/c1-19-16(21)10-6-7-15(22-2)14(8-10)20-9-11-12(17)4-3-5-13(11)18/h3-8,20H,9H2,1-2H3,(H,19,21). The topological polar surface area (TPSA) is 50.4 Å². The molecule has 2 rings (SSSR count). The molecule has 0 saturated heterocycles. The van der Waals surface area contributed by atoms with Crippen molar-refractivity contribution in [1.29, 1.82) is 0 Å². The number of halogens is 2. The normalized spacial score (nSPS) is 10.2. The predicted molar refractivity (Wildman–Crippen MR) is 90.2 cm³/mol. The summed E-state index contributed by atoms with van der Waals surface area (Å²) < 4.78 is 5.30. The fourth-order valence-electron chi connectivity index (χ4n) is 2.02. The maximum atomic E-state index is 11.7. The molecule has 1 amide bonds. The molecule has 4 nitrogen and oxygen atoms in total. The van der Waals surface area contributed by atoms with Gasteiger partial charge in [-0.1, -0.05) is 29.3 Å². The lowest BCUT2D eigenvalue weighted by Gasteiger charge is -2.14. The molecule has 0 aliphatic carbocycles. The Balaban J connectivity index is 2.26. The first kappa shape index (κ1) is 16.5. The van der Waals surface area contributed by atoms with E-state index in [9.17, 15) is 4.79 Å². The SMILES string of the molecule is CNC(=O)c1ccc(OC)c(NCc2c(Cl)cccc2Cl)c1. The first-order valence-corrected chi connectivity index (χ1v) is 7.39. The summed E-state index contributed by atoms with van der Waals surface area (Å²) in [5.41, 5.74) is 2.02. The number of methoxy groups -OCH3 is 1. The van der Waals surface area contributed by atoms with Crippen molar-refractivity contribution in [3.63, 3.8) is 0 Å². The van der Waals surface area contributed by atoms with E-state index in [1.54, 1.807) is 50.6 Å². The van der Waals surface area contributed by atoms with Crippen LogP contribution in [0.3, 0.4) is 0 Å². The first-order valence-electron chi connectivity index (χ1n) is 6.63. The first-order chi connectivity index (χ1) is 10.6. The van der Waals surface area contributed by atoms with Crippen molar-refractivity contribution >= 4 is 34.8 Å². The van der Waals surface area contributed by atoms with Crippen molar-refractivity contribution in [2.75, 3.05) is 19.5 Å². The molecule has 0 atom stereocenters. The molecule has 0 fully saturated rings. The Bertz CT molecular complexity index is 670. The van der Waals surface area contributed by atoms with Crippen molar-refractivity contribution in [1.82, 2.24) is 5.32 Å². The van der Waals surface area contributed by atoms with Gasteiger partial charge < -0.3 is 15.4 Å². The number of nitrogens with one attached hydrogen (secondary N) is 2. The van der Waals surface area contributed by atoms with E-state index < -0.39 is 0 Å². The number of hydrogen-bond acceptors (Lipinski definition) is 3. The predicted octanol–water partition coefficient (Wildman–Crippen LogP) is 3.97. The molecule has 2 aromatic rings. The van der Waals surface area contributed by atoms with Gasteiger partial charge in [0.25, 0.3) is 5.91 Å². The van der Waals surface area contributed by atoms with E-state index in [2.05, 4.69) is 10.6 Å². The number of amides is 1. The highest BCUT2D eigenvalue weighted by atomic mass is 35.5. The molecule has 22 heavy (non-hydrogen) atoms. The van der Waals surface area contributed by atoms with Crippen LogP contribution >= 0.6 is 23.2 Å². The van der Waals surface area contributed by atoms with Gasteiger partial charge in [0.1, 0.15) is 5.75 Å². The van der Waals surface area contributed by atoms with E-state index in [0.717, 1.165) is 5.56 Å². The summed E-state index contributed by atoms with van der Waals surface area (Å²) >= 11 is 12.3. The van der Waals surface area contributed by atoms with Gasteiger partial charge in [0.15, 0.2) is 0 Å². The summed E-state index contributed by atoms with van der Waals surface area (Å²) in [5, 5.41) is 6.97. The molecule has 116 valence electrons. The minimum absolute atomic E-state index is 0.165. The molecule has 0 aliphatic heterocycles. The van der Waals surface area contributed by atoms with Crippen molar-refractivity contribution in [3.05, 3.63) is 57.6 Å². The Morgan fingerprint density at radius 3 is 2.45 bits per heavy atom. The Kier molecular flexibility index (Phi) is 5.52. The maximum Gasteiger partial charge on any atom is 0.251 e. The van der Waals surface area contributed by atoms with Crippen LogP contribution in [-0.2, 0) is 6.54 Å². The Hall–Kier alpha value is -1.91. The fourth-order valence-corrected chi connectivity index (χ4v) is 2.55. The molecule has 0 saturated carbocycles. The Labute approximate surface area is 139 Å². The molecule has 0 unspecified atom stereocenters. The number of anilines is 1. The molecule has 0 heterocycles. The van der Waals surface area contributed by atoms with Crippen LogP contribution in [0, 0.1) is 0 Å². The van der Waals surface area contributed by atoms with Crippen molar-refractivity contribution in [3.8, 4) is 5.75 Å². The summed E-state index contributed by atoms with van der Waals surface area (Å²) in [6.07, 6.45) is 0. The lowest BCUT2D eigenvalue weighted by molar-refractivity contribution is 0.0963. The van der Waals surface area contributed by atoms with Crippen LogP contribution in [0.1, 0.15) is 15.9 Å². The largest absolute Gasteiger partial charge is 0.495 e. The van der Waals surface area contributed by atoms with Crippen molar-refractivity contribution in [2.45, 2.75) is 6.54 Å². The van der Waals surface area contributed by atoms with Crippen LogP contribution in [0.15, 0.2) is 36.4 Å². The van der Waals surface area contributed by atoms with Crippen LogP contribution in [-0.4, -0.2) is 20.1 Å². The summed E-state index contributed by atoms with van der Waals surface area (Å²) in [4.78, 5) is 11.7. The lowest BCUT2D eigenvalue weighted by Crippen LogP contribution is -2.18. The summed E-state index contributed by atoms with van der Waals surface area (Å²) in [5.74, 6) is 0.470. The summed E-state index contributed by atoms with van der Waals surface area (Å²) in [7, 11) is 3.16. The maximum absolute atomic E-state index is 11.7. The molecule has 0 aliphatic rings. The van der Waals surface area contributed by atoms with Crippen LogP contribution in [0.25, 0.3) is 0 Å². The number of benzene rings is 2. The van der Waals surface area contributed by atoms with Gasteiger partial charge >= 0.3 is 0 Å². The third-order valence-electron chi connectivity index (χ3n) is 3.21. The second-order valence-corrected chi connectivity index (χ2v) is 5.36. The molecule has 0 radical (unpaired) electrons. The summed E-state index contributed by atoms with van der Waals surface area (Å²) in [6.45, 7) is 0.423. The van der Waals surface area contributed by atoms with Gasteiger partial charge in [0.2, 0.25) is 0 Å². The molecule has 2 N–H and O–H groups in total. The number of rotatable bonds is 5. The Morgan fingerprint density at radius 2 is 1.86 bits per heavy atom. The second-order valence-electron chi connectivity index (χ2n) is 4.55. The molecule has 6 heteroatoms. The van der Waals surface area contributed by atoms with E-state index in [-0.39, 0.29) is 5.91 Å². The molecule has 0 spiro atoms. The minimum atomic E-state index is -0.165. The van der Waals surface area contributed by atoms with Crippen LogP contribution < -0.4 is 15.4 Å². The van der Waals surface area contributed by atoms with Crippen LogP contribution in [0.5, 0.6) is 5.75 Å². The van der Waals surface area contributed by atoms with Crippen LogP contribution in [0.4, 0.5) is 5.69 Å². The van der Waals surface area contributed by atoms with Crippen molar-refractivity contribution < 1.29 is 9.53 Å². The van der Waals surface area contributed by atoms with E-state index in [4.69, 9.17) is 27.9 Å². The highest BCUT2D eigenvalue weighted by Gasteiger charge is 2.11. The molecular weight excluding hydrogens is 323 g/mol. The zero-order valence-electron chi connectivity index (χ0n) is 12.2. The van der Waals surface area contributed by atoms with Crippen molar-refractivity contribution in [2.24, 2.45) is 0 Å². The molecule has 0 aromatic heterocycles. The minimum Gasteiger partial charge on any atom is -0.495 e.